The van der Waals surface area contributed by atoms with E-state index in [0.717, 1.165) is 11.3 Å². The normalized spacial score (nSPS) is 10.2. The number of rotatable bonds is 7. The number of anilines is 3. The van der Waals surface area contributed by atoms with Crippen LogP contribution in [0.4, 0.5) is 17.2 Å². The smallest absolute Gasteiger partial charge is 0.238 e. The van der Waals surface area contributed by atoms with Gasteiger partial charge in [0.25, 0.3) is 0 Å². The Kier molecular flexibility index (Phi) is 5.71. The van der Waals surface area contributed by atoms with Crippen molar-refractivity contribution in [3.63, 3.8) is 0 Å². The molecule has 0 unspecified atom stereocenters. The van der Waals surface area contributed by atoms with Crippen molar-refractivity contribution >= 4 is 23.1 Å². The molecule has 0 atom stereocenters. The van der Waals surface area contributed by atoms with Crippen LogP contribution in [-0.2, 0) is 11.3 Å². The van der Waals surface area contributed by atoms with Crippen LogP contribution in [-0.4, -0.2) is 37.4 Å². The van der Waals surface area contributed by atoms with Gasteiger partial charge in [-0.25, -0.2) is 9.97 Å². The van der Waals surface area contributed by atoms with Crippen LogP contribution in [0.15, 0.2) is 49.1 Å². The van der Waals surface area contributed by atoms with Gasteiger partial charge >= 0.3 is 0 Å². The fourth-order valence-corrected chi connectivity index (χ4v) is 2.39. The zero-order valence-corrected chi connectivity index (χ0v) is 14.3. The van der Waals surface area contributed by atoms with Crippen LogP contribution in [0.1, 0.15) is 6.42 Å². The van der Waals surface area contributed by atoms with E-state index in [1.165, 1.54) is 6.33 Å². The molecule has 136 valence electrons. The second-order valence-corrected chi connectivity index (χ2v) is 5.59. The second-order valence-electron chi connectivity index (χ2n) is 5.59. The number of carbonyl (C=O) groups is 1. The van der Waals surface area contributed by atoms with Crippen molar-refractivity contribution in [2.75, 3.05) is 17.2 Å². The average molecular weight is 363 g/mol. The van der Waals surface area contributed by atoms with Crippen LogP contribution in [0.2, 0.25) is 0 Å². The number of benzene rings is 1. The molecular weight excluding hydrogens is 346 g/mol. The Labute approximate surface area is 155 Å². The lowest BCUT2D eigenvalue weighted by Gasteiger charge is -2.07. The molecule has 3 N–H and O–H groups in total. The van der Waals surface area contributed by atoms with Crippen LogP contribution in [0.3, 0.4) is 0 Å². The SMILES string of the molecule is N#CCC(=O)Nc1ccc(-c2cc(Nc3cnn(CCO)c3)ncn2)cc1. The molecule has 0 aliphatic heterocycles. The molecular formula is C18H17N7O2. The molecule has 27 heavy (non-hydrogen) atoms. The summed E-state index contributed by atoms with van der Waals surface area (Å²) in [6.07, 6.45) is 4.70. The molecule has 0 bridgehead atoms. The first-order chi connectivity index (χ1) is 13.2. The molecule has 1 amide bonds. The summed E-state index contributed by atoms with van der Waals surface area (Å²) < 4.78 is 1.63. The quantitative estimate of drug-likeness (QED) is 0.585. The molecule has 9 nitrogen and oxygen atoms in total. The van der Waals surface area contributed by atoms with Gasteiger partial charge in [-0.1, -0.05) is 12.1 Å². The van der Waals surface area contributed by atoms with Gasteiger partial charge in [0.2, 0.25) is 5.91 Å². The van der Waals surface area contributed by atoms with Crippen LogP contribution in [0, 0.1) is 11.3 Å². The van der Waals surface area contributed by atoms with E-state index < -0.39 is 0 Å². The van der Waals surface area contributed by atoms with Crippen molar-refractivity contribution in [2.45, 2.75) is 13.0 Å². The number of amides is 1. The Morgan fingerprint density at radius 3 is 2.78 bits per heavy atom. The molecule has 3 aromatic rings. The number of aliphatic hydroxyl groups is 1. The van der Waals surface area contributed by atoms with Gasteiger partial charge in [0, 0.05) is 23.5 Å². The predicted molar refractivity (Wildman–Crippen MR) is 98.9 cm³/mol. The number of nitriles is 1. The third kappa shape index (κ3) is 4.87. The Bertz CT molecular complexity index is 960. The maximum Gasteiger partial charge on any atom is 0.238 e. The Morgan fingerprint density at radius 1 is 1.22 bits per heavy atom. The van der Waals surface area contributed by atoms with Crippen LogP contribution >= 0.6 is 0 Å². The summed E-state index contributed by atoms with van der Waals surface area (Å²) in [5, 5.41) is 27.4. The molecule has 9 heteroatoms. The summed E-state index contributed by atoms with van der Waals surface area (Å²) in [5.74, 6) is 0.260. The Hall–Kier alpha value is -3.77. The van der Waals surface area contributed by atoms with Crippen molar-refractivity contribution in [3.8, 4) is 17.3 Å². The number of hydrogen-bond acceptors (Lipinski definition) is 7. The monoisotopic (exact) mass is 363 g/mol. The van der Waals surface area contributed by atoms with Crippen LogP contribution < -0.4 is 10.6 Å². The first-order valence-electron chi connectivity index (χ1n) is 8.17. The molecule has 0 radical (unpaired) electrons. The minimum atomic E-state index is -0.347. The minimum Gasteiger partial charge on any atom is -0.394 e. The summed E-state index contributed by atoms with van der Waals surface area (Å²) in [6, 6.07) is 10.8. The van der Waals surface area contributed by atoms with Crippen molar-refractivity contribution in [2.24, 2.45) is 0 Å². The van der Waals surface area contributed by atoms with E-state index in [-0.39, 0.29) is 18.9 Å². The number of nitrogens with one attached hydrogen (secondary N) is 2. The number of aliphatic hydroxyl groups excluding tert-OH is 1. The number of hydrogen-bond donors (Lipinski definition) is 3. The molecule has 1 aromatic carbocycles. The second kappa shape index (κ2) is 8.55. The molecule has 3 rings (SSSR count). The fraction of sp³-hybridized carbons (Fsp3) is 0.167. The standard InChI is InChI=1S/C18H17N7O2/c19-6-5-18(27)24-14-3-1-13(2-4-14)16-9-17(21-12-20-16)23-15-10-22-25(11-15)7-8-26/h1-4,9-12,26H,5,7-8H2,(H,24,27)(H,20,21,23). The third-order valence-electron chi connectivity index (χ3n) is 3.61. The van der Waals surface area contributed by atoms with E-state index in [0.29, 0.717) is 23.7 Å². The summed E-state index contributed by atoms with van der Waals surface area (Å²) in [7, 11) is 0. The molecule has 0 aliphatic carbocycles. The summed E-state index contributed by atoms with van der Waals surface area (Å²) in [4.78, 5) is 19.9. The first kappa shape index (κ1) is 18.0. The predicted octanol–water partition coefficient (Wildman–Crippen LogP) is 1.93. The van der Waals surface area contributed by atoms with E-state index in [1.54, 1.807) is 41.3 Å². The highest BCUT2D eigenvalue weighted by Crippen LogP contribution is 2.22. The van der Waals surface area contributed by atoms with Gasteiger partial charge in [0.1, 0.15) is 18.6 Å². The maximum atomic E-state index is 11.4. The van der Waals surface area contributed by atoms with E-state index >= 15 is 0 Å². The van der Waals surface area contributed by atoms with Gasteiger partial charge in [-0.05, 0) is 12.1 Å². The van der Waals surface area contributed by atoms with E-state index in [2.05, 4.69) is 25.7 Å². The lowest BCUT2D eigenvalue weighted by Crippen LogP contribution is -2.09. The zero-order valence-electron chi connectivity index (χ0n) is 14.3. The summed E-state index contributed by atoms with van der Waals surface area (Å²) >= 11 is 0. The van der Waals surface area contributed by atoms with Crippen molar-refractivity contribution in [1.82, 2.24) is 19.7 Å². The summed E-state index contributed by atoms with van der Waals surface area (Å²) in [6.45, 7) is 0.444. The Balaban J connectivity index is 1.71. The minimum absolute atomic E-state index is 0.0196. The highest BCUT2D eigenvalue weighted by Gasteiger charge is 2.06. The van der Waals surface area contributed by atoms with Gasteiger partial charge in [-0.15, -0.1) is 0 Å². The van der Waals surface area contributed by atoms with Gasteiger partial charge in [0.15, 0.2) is 0 Å². The zero-order chi connectivity index (χ0) is 19.1. The van der Waals surface area contributed by atoms with Crippen LogP contribution in [0.5, 0.6) is 0 Å². The lowest BCUT2D eigenvalue weighted by molar-refractivity contribution is -0.115. The third-order valence-corrected chi connectivity index (χ3v) is 3.61. The van der Waals surface area contributed by atoms with E-state index in [4.69, 9.17) is 10.4 Å². The topological polar surface area (TPSA) is 129 Å². The van der Waals surface area contributed by atoms with E-state index in [9.17, 15) is 4.79 Å². The van der Waals surface area contributed by atoms with Crippen molar-refractivity contribution in [3.05, 3.63) is 49.1 Å². The van der Waals surface area contributed by atoms with Gasteiger partial charge in [0.05, 0.1) is 36.8 Å². The first-order valence-corrected chi connectivity index (χ1v) is 8.17. The molecule has 0 aliphatic rings. The van der Waals surface area contributed by atoms with Crippen molar-refractivity contribution < 1.29 is 9.90 Å². The molecule has 0 fully saturated rings. The van der Waals surface area contributed by atoms with Gasteiger partial charge in [-0.2, -0.15) is 10.4 Å². The number of aromatic nitrogens is 4. The maximum absolute atomic E-state index is 11.4. The molecule has 2 heterocycles. The van der Waals surface area contributed by atoms with E-state index in [1.807, 2.05) is 12.1 Å². The molecule has 0 saturated heterocycles. The molecule has 0 saturated carbocycles. The highest BCUT2D eigenvalue weighted by molar-refractivity contribution is 5.92. The average Bonchev–Trinajstić information content (AvgIpc) is 3.10. The summed E-state index contributed by atoms with van der Waals surface area (Å²) in [5.41, 5.74) is 2.94. The van der Waals surface area contributed by atoms with Crippen molar-refractivity contribution in [1.29, 1.82) is 5.26 Å². The van der Waals surface area contributed by atoms with Crippen LogP contribution in [0.25, 0.3) is 11.3 Å². The van der Waals surface area contributed by atoms with Gasteiger partial charge in [-0.3, -0.25) is 9.48 Å². The highest BCUT2D eigenvalue weighted by atomic mass is 16.3. The number of nitrogens with zero attached hydrogens (tertiary/aromatic N) is 5. The molecule has 2 aromatic heterocycles. The number of carbonyl (C=O) groups excluding carboxylic acids is 1. The fourth-order valence-electron chi connectivity index (χ4n) is 2.39. The molecule has 0 spiro atoms. The Morgan fingerprint density at radius 2 is 2.04 bits per heavy atom. The van der Waals surface area contributed by atoms with Gasteiger partial charge < -0.3 is 15.7 Å². The lowest BCUT2D eigenvalue weighted by atomic mass is 10.1. The largest absolute Gasteiger partial charge is 0.394 e.